The molecule has 2 aromatic carbocycles. The van der Waals surface area contributed by atoms with Crippen LogP contribution in [0.25, 0.3) is 11.6 Å². The fraction of sp³-hybridized carbons (Fsp3) is 0.0556. The predicted molar refractivity (Wildman–Crippen MR) is 91.9 cm³/mol. The molecule has 110 valence electrons. The summed E-state index contributed by atoms with van der Waals surface area (Å²) in [5.41, 5.74) is 9.56. The molecule has 2 aromatic rings. The van der Waals surface area contributed by atoms with E-state index in [1.807, 2.05) is 54.6 Å². The summed E-state index contributed by atoms with van der Waals surface area (Å²) in [5.74, 6) is -0.0920. The predicted octanol–water partition coefficient (Wildman–Crippen LogP) is 3.55. The molecule has 1 amide bonds. The molecule has 1 heterocycles. The van der Waals surface area contributed by atoms with Gasteiger partial charge in [-0.2, -0.15) is 0 Å². The van der Waals surface area contributed by atoms with Gasteiger partial charge >= 0.3 is 0 Å². The molecule has 0 aliphatic carbocycles. The van der Waals surface area contributed by atoms with Crippen LogP contribution in [0.2, 0.25) is 0 Å². The highest BCUT2D eigenvalue weighted by Gasteiger charge is 2.21. The summed E-state index contributed by atoms with van der Waals surface area (Å²) in [5, 5.41) is 0. The molecule has 1 aliphatic rings. The van der Waals surface area contributed by atoms with Gasteiger partial charge in [0.25, 0.3) is 5.91 Å². The number of nitrogens with one attached hydrogen (secondary N) is 1. The molecule has 0 fully saturated rings. The van der Waals surface area contributed by atoms with Gasteiger partial charge in [-0.1, -0.05) is 48.5 Å². The van der Waals surface area contributed by atoms with Gasteiger partial charge in [-0.15, -0.1) is 6.58 Å². The fourth-order valence-electron chi connectivity index (χ4n) is 2.43. The first kappa shape index (κ1) is 14.6. The monoisotopic (exact) mass is 308 g/mol. The maximum Gasteiger partial charge on any atom is 0.262 e. The van der Waals surface area contributed by atoms with Crippen molar-refractivity contribution in [2.45, 2.75) is 10.9 Å². The highest BCUT2D eigenvalue weighted by molar-refractivity contribution is 7.98. The van der Waals surface area contributed by atoms with Crippen LogP contribution in [0.5, 0.6) is 0 Å². The minimum Gasteiger partial charge on any atom is -0.321 e. The van der Waals surface area contributed by atoms with Crippen molar-refractivity contribution < 1.29 is 4.79 Å². The number of nitrogens with two attached hydrogens (primary N) is 1. The summed E-state index contributed by atoms with van der Waals surface area (Å²) in [7, 11) is 0. The van der Waals surface area contributed by atoms with E-state index in [1.54, 1.807) is 6.08 Å². The average Bonchev–Trinajstić information content (AvgIpc) is 2.57. The molecule has 1 unspecified atom stereocenters. The van der Waals surface area contributed by atoms with E-state index < -0.39 is 0 Å². The van der Waals surface area contributed by atoms with E-state index in [0.29, 0.717) is 5.57 Å². The zero-order chi connectivity index (χ0) is 15.5. The van der Waals surface area contributed by atoms with Crippen molar-refractivity contribution in [3.8, 4) is 0 Å². The van der Waals surface area contributed by atoms with E-state index in [-0.39, 0.29) is 11.9 Å². The van der Waals surface area contributed by atoms with Crippen LogP contribution in [0, 0.1) is 0 Å². The average molecular weight is 308 g/mol. The third-order valence-electron chi connectivity index (χ3n) is 3.58. The van der Waals surface area contributed by atoms with Crippen LogP contribution >= 0.6 is 11.9 Å². The summed E-state index contributed by atoms with van der Waals surface area (Å²) >= 11 is 1.34. The molecule has 1 atom stereocenters. The Bertz CT molecular complexity index is 767. The van der Waals surface area contributed by atoms with Gasteiger partial charge in [0.1, 0.15) is 0 Å². The molecule has 0 spiro atoms. The highest BCUT2D eigenvalue weighted by atomic mass is 32.2. The Morgan fingerprint density at radius 3 is 2.68 bits per heavy atom. The number of hydrogen-bond donors (Lipinski definition) is 2. The molecular formula is C18H16N2OS. The second-order valence-corrected chi connectivity index (χ2v) is 5.83. The molecule has 0 saturated heterocycles. The molecule has 0 bridgehead atoms. The van der Waals surface area contributed by atoms with E-state index in [4.69, 9.17) is 5.73 Å². The standard InChI is InChI=1S/C18H16N2OS/c1-2-16(19)13-8-4-3-7-12(13)11-15-14-9-5-6-10-17(14)22-20-18(15)21/h2-11,16H,1,19H2,(H,20,21)/b15-11+. The number of rotatable bonds is 3. The third kappa shape index (κ3) is 2.71. The maximum atomic E-state index is 12.3. The first-order valence-corrected chi connectivity index (χ1v) is 7.77. The number of hydrogen-bond acceptors (Lipinski definition) is 3. The Morgan fingerprint density at radius 2 is 1.86 bits per heavy atom. The molecule has 3 N–H and O–H groups in total. The lowest BCUT2D eigenvalue weighted by molar-refractivity contribution is -0.113. The molecule has 3 nitrogen and oxygen atoms in total. The van der Waals surface area contributed by atoms with Crippen LogP contribution in [0.3, 0.4) is 0 Å². The molecule has 0 saturated carbocycles. The van der Waals surface area contributed by atoms with Crippen LogP contribution in [-0.2, 0) is 4.79 Å². The first-order chi connectivity index (χ1) is 10.7. The molecule has 3 rings (SSSR count). The Labute approximate surface area is 134 Å². The quantitative estimate of drug-likeness (QED) is 0.518. The van der Waals surface area contributed by atoms with Crippen molar-refractivity contribution >= 4 is 29.5 Å². The highest BCUT2D eigenvalue weighted by Crippen LogP contribution is 2.33. The van der Waals surface area contributed by atoms with Crippen LogP contribution in [0.15, 0.2) is 66.1 Å². The summed E-state index contributed by atoms with van der Waals surface area (Å²) in [6.07, 6.45) is 3.59. The van der Waals surface area contributed by atoms with Gasteiger partial charge in [0.2, 0.25) is 0 Å². The fourth-order valence-corrected chi connectivity index (χ4v) is 3.18. The minimum absolute atomic E-state index is 0.0920. The van der Waals surface area contributed by atoms with Crippen LogP contribution in [0.1, 0.15) is 22.7 Å². The van der Waals surface area contributed by atoms with E-state index in [2.05, 4.69) is 11.3 Å². The van der Waals surface area contributed by atoms with E-state index in [9.17, 15) is 4.79 Å². The van der Waals surface area contributed by atoms with E-state index in [0.717, 1.165) is 21.6 Å². The van der Waals surface area contributed by atoms with Crippen LogP contribution in [-0.4, -0.2) is 5.91 Å². The number of carbonyl (C=O) groups is 1. The molecule has 22 heavy (non-hydrogen) atoms. The van der Waals surface area contributed by atoms with Crippen molar-refractivity contribution in [3.63, 3.8) is 0 Å². The Kier molecular flexibility index (Phi) is 4.13. The Morgan fingerprint density at radius 1 is 1.14 bits per heavy atom. The van der Waals surface area contributed by atoms with Crippen LogP contribution < -0.4 is 10.5 Å². The smallest absolute Gasteiger partial charge is 0.262 e. The summed E-state index contributed by atoms with van der Waals surface area (Å²) < 4.78 is 2.83. The van der Waals surface area contributed by atoms with Gasteiger partial charge in [0.05, 0.1) is 0 Å². The van der Waals surface area contributed by atoms with Crippen molar-refractivity contribution in [1.82, 2.24) is 4.72 Å². The van der Waals surface area contributed by atoms with E-state index >= 15 is 0 Å². The van der Waals surface area contributed by atoms with Gasteiger partial charge in [0, 0.05) is 22.1 Å². The van der Waals surface area contributed by atoms with E-state index in [1.165, 1.54) is 11.9 Å². The molecule has 4 heteroatoms. The normalized spacial score (nSPS) is 16.8. The lowest BCUT2D eigenvalue weighted by Gasteiger charge is -2.19. The number of carbonyl (C=O) groups excluding carboxylic acids is 1. The van der Waals surface area contributed by atoms with Gasteiger partial charge < -0.3 is 5.73 Å². The van der Waals surface area contributed by atoms with Gasteiger partial charge in [-0.25, -0.2) is 0 Å². The van der Waals surface area contributed by atoms with Crippen molar-refractivity contribution in [2.24, 2.45) is 5.73 Å². The molecular weight excluding hydrogens is 292 g/mol. The van der Waals surface area contributed by atoms with Crippen LogP contribution in [0.4, 0.5) is 0 Å². The number of fused-ring (bicyclic) bond motifs is 1. The number of amides is 1. The topological polar surface area (TPSA) is 55.1 Å². The zero-order valence-corrected chi connectivity index (χ0v) is 12.8. The van der Waals surface area contributed by atoms with Gasteiger partial charge in [-0.3, -0.25) is 9.52 Å². The van der Waals surface area contributed by atoms with Crippen molar-refractivity contribution in [1.29, 1.82) is 0 Å². The lowest BCUT2D eigenvalue weighted by Crippen LogP contribution is -2.22. The number of benzene rings is 2. The summed E-state index contributed by atoms with van der Waals surface area (Å²) in [4.78, 5) is 13.3. The minimum atomic E-state index is -0.260. The summed E-state index contributed by atoms with van der Waals surface area (Å²) in [6.45, 7) is 3.75. The van der Waals surface area contributed by atoms with Gasteiger partial charge in [-0.05, 0) is 35.2 Å². The Hall–Kier alpha value is -2.30. The maximum absolute atomic E-state index is 12.3. The third-order valence-corrected chi connectivity index (χ3v) is 4.45. The molecule has 0 radical (unpaired) electrons. The Balaban J connectivity index is 2.13. The molecule has 1 aliphatic heterocycles. The SMILES string of the molecule is C=CC(N)c1ccccc1/C=C1/C(=O)NSc2ccccc21. The second-order valence-electron chi connectivity index (χ2n) is 4.98. The first-order valence-electron chi connectivity index (χ1n) is 6.96. The second kappa shape index (κ2) is 6.22. The lowest BCUT2D eigenvalue weighted by atomic mass is 9.96. The van der Waals surface area contributed by atoms with Crippen molar-refractivity contribution in [3.05, 3.63) is 77.9 Å². The van der Waals surface area contributed by atoms with Crippen molar-refractivity contribution in [2.75, 3.05) is 0 Å². The largest absolute Gasteiger partial charge is 0.321 e. The van der Waals surface area contributed by atoms with Gasteiger partial charge in [0.15, 0.2) is 0 Å². The molecule has 0 aromatic heterocycles. The summed E-state index contributed by atoms with van der Waals surface area (Å²) in [6, 6.07) is 15.4. The zero-order valence-electron chi connectivity index (χ0n) is 12.0.